The number of hydrogen-bond donors (Lipinski definition) is 0. The van der Waals surface area contributed by atoms with E-state index in [0.717, 1.165) is 36.4 Å². The van der Waals surface area contributed by atoms with Gasteiger partial charge in [-0.15, -0.1) is 0 Å². The number of nitrogens with zero attached hydrogens (tertiary/aromatic N) is 3. The lowest BCUT2D eigenvalue weighted by molar-refractivity contribution is -0.122. The number of rotatable bonds is 4. The Morgan fingerprint density at radius 2 is 1.79 bits per heavy atom. The van der Waals surface area contributed by atoms with Crippen LogP contribution in [0.25, 0.3) is 11.1 Å². The molecule has 0 N–H and O–H groups in total. The molecule has 4 heterocycles. The smallest absolute Gasteiger partial charge is 0.266 e. The SMILES string of the molecule is CCN1C(=O)C(=C2C(=O)N3c4c(cc(OC)cc42)C(CN2CCCCC2)=CC3(C)C)SC1=S. The zero-order valence-electron chi connectivity index (χ0n) is 19.6. The molecule has 2 fully saturated rings. The second kappa shape index (κ2) is 8.25. The Kier molecular flexibility index (Phi) is 5.66. The Hall–Kier alpha value is -2.16. The number of likely N-dealkylation sites (tertiary alicyclic amines) is 1. The van der Waals surface area contributed by atoms with E-state index in [-0.39, 0.29) is 11.8 Å². The molecule has 0 unspecified atom stereocenters. The Balaban J connectivity index is 1.69. The van der Waals surface area contributed by atoms with Gasteiger partial charge in [0.25, 0.3) is 11.8 Å². The van der Waals surface area contributed by atoms with E-state index in [1.807, 2.05) is 24.0 Å². The lowest BCUT2D eigenvalue weighted by Crippen LogP contribution is -2.47. The van der Waals surface area contributed by atoms with Crippen LogP contribution in [0.1, 0.15) is 51.2 Å². The summed E-state index contributed by atoms with van der Waals surface area (Å²) in [4.78, 5) is 33.4. The van der Waals surface area contributed by atoms with Crippen LogP contribution in [0.15, 0.2) is 23.1 Å². The monoisotopic (exact) mass is 483 g/mol. The molecule has 4 aliphatic rings. The minimum absolute atomic E-state index is 0.144. The number of anilines is 1. The summed E-state index contributed by atoms with van der Waals surface area (Å²) in [6.45, 7) is 9.55. The van der Waals surface area contributed by atoms with E-state index in [1.165, 1.54) is 36.6 Å². The average Bonchev–Trinajstić information content (AvgIpc) is 3.24. The molecule has 0 saturated carbocycles. The van der Waals surface area contributed by atoms with Crippen LogP contribution in [0.4, 0.5) is 5.69 Å². The molecule has 174 valence electrons. The molecule has 2 saturated heterocycles. The second-order valence-electron chi connectivity index (χ2n) is 9.49. The third kappa shape index (κ3) is 3.54. The van der Waals surface area contributed by atoms with Gasteiger partial charge in [-0.25, -0.2) is 0 Å². The van der Waals surface area contributed by atoms with E-state index in [9.17, 15) is 9.59 Å². The van der Waals surface area contributed by atoms with E-state index in [2.05, 4.69) is 24.8 Å². The molecule has 2 amide bonds. The van der Waals surface area contributed by atoms with E-state index in [0.29, 0.717) is 27.1 Å². The fourth-order valence-electron chi connectivity index (χ4n) is 5.38. The van der Waals surface area contributed by atoms with Gasteiger partial charge < -0.3 is 4.74 Å². The number of benzene rings is 1. The fraction of sp³-hybridized carbons (Fsp3) is 0.480. The topological polar surface area (TPSA) is 53.1 Å². The Labute approximate surface area is 204 Å². The standard InChI is InChI=1S/C25H29N3O3S2/c1-5-27-23(30)21(33-24(27)32)19-18-12-16(31-4)11-17-15(14-26-9-7-6-8-10-26)13-25(2,3)28(20(17)18)22(19)29/h11-13H,5-10,14H2,1-4H3. The summed E-state index contributed by atoms with van der Waals surface area (Å²) in [6.07, 6.45) is 5.95. The maximum absolute atomic E-state index is 13.9. The van der Waals surface area contributed by atoms with Crippen LogP contribution in [0.5, 0.6) is 5.75 Å². The highest BCUT2D eigenvalue weighted by Crippen LogP contribution is 2.53. The van der Waals surface area contributed by atoms with E-state index in [1.54, 1.807) is 12.0 Å². The molecule has 0 aliphatic carbocycles. The van der Waals surface area contributed by atoms with Gasteiger partial charge in [-0.2, -0.15) is 0 Å². The average molecular weight is 484 g/mol. The van der Waals surface area contributed by atoms with Crippen LogP contribution >= 0.6 is 24.0 Å². The number of ether oxygens (including phenoxy) is 1. The van der Waals surface area contributed by atoms with Crippen LogP contribution in [0.2, 0.25) is 0 Å². The molecule has 0 radical (unpaired) electrons. The fourth-order valence-corrected chi connectivity index (χ4v) is 6.84. The highest BCUT2D eigenvalue weighted by atomic mass is 32.2. The maximum atomic E-state index is 13.9. The number of thiocarbonyl (C=S) groups is 1. The van der Waals surface area contributed by atoms with Crippen molar-refractivity contribution in [2.75, 3.05) is 38.2 Å². The van der Waals surface area contributed by atoms with Crippen molar-refractivity contribution in [1.29, 1.82) is 0 Å². The number of methoxy groups -OCH3 is 1. The summed E-state index contributed by atoms with van der Waals surface area (Å²) in [7, 11) is 1.64. The minimum Gasteiger partial charge on any atom is -0.497 e. The molecular weight excluding hydrogens is 454 g/mol. The first-order valence-electron chi connectivity index (χ1n) is 11.6. The molecule has 0 spiro atoms. The molecule has 5 rings (SSSR count). The van der Waals surface area contributed by atoms with Crippen molar-refractivity contribution in [2.45, 2.75) is 45.6 Å². The Bertz CT molecular complexity index is 1130. The molecule has 33 heavy (non-hydrogen) atoms. The number of likely N-dealkylation sites (N-methyl/N-ethyl adjacent to an activating group) is 1. The van der Waals surface area contributed by atoms with Crippen LogP contribution in [-0.4, -0.2) is 64.8 Å². The molecule has 0 aromatic heterocycles. The maximum Gasteiger partial charge on any atom is 0.266 e. The molecule has 1 aromatic rings. The first-order chi connectivity index (χ1) is 15.8. The first kappa shape index (κ1) is 22.6. The van der Waals surface area contributed by atoms with Crippen molar-refractivity contribution in [3.63, 3.8) is 0 Å². The summed E-state index contributed by atoms with van der Waals surface area (Å²) in [5, 5.41) is 0. The number of carbonyl (C=O) groups excluding carboxylic acids is 2. The number of hydrogen-bond acceptors (Lipinski definition) is 6. The summed E-state index contributed by atoms with van der Waals surface area (Å²) in [5.74, 6) is 0.354. The summed E-state index contributed by atoms with van der Waals surface area (Å²) in [5.41, 5.74) is 3.81. The van der Waals surface area contributed by atoms with Crippen LogP contribution in [-0.2, 0) is 9.59 Å². The largest absolute Gasteiger partial charge is 0.497 e. The van der Waals surface area contributed by atoms with Crippen molar-refractivity contribution in [3.8, 4) is 5.75 Å². The van der Waals surface area contributed by atoms with E-state index >= 15 is 0 Å². The van der Waals surface area contributed by atoms with Crippen molar-refractivity contribution in [1.82, 2.24) is 9.80 Å². The predicted molar refractivity (Wildman–Crippen MR) is 137 cm³/mol. The van der Waals surface area contributed by atoms with Gasteiger partial charge in [-0.3, -0.25) is 24.3 Å². The van der Waals surface area contributed by atoms with Crippen molar-refractivity contribution >= 4 is 56.9 Å². The molecular formula is C25H29N3O3S2. The highest BCUT2D eigenvalue weighted by Gasteiger charge is 2.49. The number of carbonyl (C=O) groups is 2. The van der Waals surface area contributed by atoms with Gasteiger partial charge >= 0.3 is 0 Å². The van der Waals surface area contributed by atoms with Crippen molar-refractivity contribution in [3.05, 3.63) is 34.2 Å². The summed E-state index contributed by atoms with van der Waals surface area (Å²) < 4.78 is 6.15. The molecule has 4 aliphatic heterocycles. The van der Waals surface area contributed by atoms with Crippen LogP contribution < -0.4 is 9.64 Å². The third-order valence-corrected chi connectivity index (χ3v) is 8.36. The van der Waals surface area contributed by atoms with Gasteiger partial charge in [0.05, 0.1) is 28.8 Å². The molecule has 0 bridgehead atoms. The molecule has 8 heteroatoms. The lowest BCUT2D eigenvalue weighted by atomic mass is 9.87. The quantitative estimate of drug-likeness (QED) is 0.470. The summed E-state index contributed by atoms with van der Waals surface area (Å²) in [6, 6.07) is 3.93. The third-order valence-electron chi connectivity index (χ3n) is 6.91. The Morgan fingerprint density at radius 3 is 2.42 bits per heavy atom. The van der Waals surface area contributed by atoms with Gasteiger partial charge in [0.2, 0.25) is 0 Å². The minimum atomic E-state index is -0.516. The number of piperidine rings is 1. The number of thioether (sulfide) groups is 1. The van der Waals surface area contributed by atoms with Gasteiger partial charge in [-0.05, 0) is 64.4 Å². The van der Waals surface area contributed by atoms with Crippen LogP contribution in [0.3, 0.4) is 0 Å². The van der Waals surface area contributed by atoms with E-state index < -0.39 is 5.54 Å². The van der Waals surface area contributed by atoms with Crippen molar-refractivity contribution in [2.24, 2.45) is 0 Å². The first-order valence-corrected chi connectivity index (χ1v) is 12.8. The normalized spacial score (nSPS) is 24.5. The van der Waals surface area contributed by atoms with Gasteiger partial charge in [-0.1, -0.05) is 36.5 Å². The van der Waals surface area contributed by atoms with Gasteiger partial charge in [0.1, 0.15) is 10.1 Å². The van der Waals surface area contributed by atoms with Gasteiger partial charge in [0.15, 0.2) is 0 Å². The molecule has 1 aromatic carbocycles. The van der Waals surface area contributed by atoms with E-state index in [4.69, 9.17) is 17.0 Å². The Morgan fingerprint density at radius 1 is 1.09 bits per heavy atom. The second-order valence-corrected chi connectivity index (χ2v) is 11.1. The number of amides is 2. The lowest BCUT2D eigenvalue weighted by Gasteiger charge is -2.40. The zero-order valence-corrected chi connectivity index (χ0v) is 21.2. The highest BCUT2D eigenvalue weighted by molar-refractivity contribution is 8.26. The van der Waals surface area contributed by atoms with Crippen LogP contribution in [0, 0.1) is 0 Å². The molecule has 6 nitrogen and oxygen atoms in total. The summed E-state index contributed by atoms with van der Waals surface area (Å²) >= 11 is 6.66. The zero-order chi connectivity index (χ0) is 23.5. The predicted octanol–water partition coefficient (Wildman–Crippen LogP) is 4.29. The van der Waals surface area contributed by atoms with Gasteiger partial charge in [0, 0.05) is 24.2 Å². The molecule has 0 atom stereocenters. The van der Waals surface area contributed by atoms with Crippen molar-refractivity contribution < 1.29 is 14.3 Å².